The maximum Gasteiger partial charge on any atom is 0.308 e. The molecule has 0 aliphatic carbocycles. The zero-order chi connectivity index (χ0) is 19.4. The van der Waals surface area contributed by atoms with Crippen LogP contribution in [0.4, 0.5) is 0 Å². The minimum Gasteiger partial charge on any atom is -0.481 e. The van der Waals surface area contributed by atoms with Gasteiger partial charge in [0.1, 0.15) is 0 Å². The van der Waals surface area contributed by atoms with Crippen LogP contribution in [0.25, 0.3) is 10.9 Å². The zero-order valence-corrected chi connectivity index (χ0v) is 15.5. The number of nitrogens with zero attached hydrogens (tertiary/aromatic N) is 2. The second-order valence-corrected chi connectivity index (χ2v) is 7.17. The number of likely N-dealkylation sites (tertiary alicyclic amines) is 1. The van der Waals surface area contributed by atoms with Crippen molar-refractivity contribution in [2.24, 2.45) is 5.92 Å². The zero-order valence-electron chi connectivity index (χ0n) is 15.5. The van der Waals surface area contributed by atoms with Gasteiger partial charge in [0, 0.05) is 38.3 Å². The van der Waals surface area contributed by atoms with Crippen LogP contribution in [0.3, 0.4) is 0 Å². The van der Waals surface area contributed by atoms with E-state index >= 15 is 0 Å². The summed E-state index contributed by atoms with van der Waals surface area (Å²) < 4.78 is 0. The van der Waals surface area contributed by atoms with Crippen LogP contribution in [0.2, 0.25) is 0 Å². The Morgan fingerprint density at radius 2 is 2.11 bits per heavy atom. The van der Waals surface area contributed by atoms with Crippen molar-refractivity contribution in [3.05, 3.63) is 36.0 Å². The Balaban J connectivity index is 1.49. The molecular weight excluding hydrogens is 346 g/mol. The molecule has 1 aromatic heterocycles. The van der Waals surface area contributed by atoms with Crippen LogP contribution >= 0.6 is 0 Å². The number of likely N-dealkylation sites (N-methyl/N-ethyl adjacent to an activating group) is 1. The summed E-state index contributed by atoms with van der Waals surface area (Å²) in [6.07, 6.45) is 4.11. The van der Waals surface area contributed by atoms with E-state index in [1.165, 1.54) is 4.90 Å². The predicted molar refractivity (Wildman–Crippen MR) is 101 cm³/mol. The fourth-order valence-corrected chi connectivity index (χ4v) is 3.50. The molecule has 0 radical (unpaired) electrons. The summed E-state index contributed by atoms with van der Waals surface area (Å²) >= 11 is 0. The molecule has 144 valence electrons. The Morgan fingerprint density at radius 3 is 2.89 bits per heavy atom. The minimum atomic E-state index is -0.865. The molecule has 1 saturated heterocycles. The van der Waals surface area contributed by atoms with Gasteiger partial charge in [-0.25, -0.2) is 0 Å². The highest BCUT2D eigenvalue weighted by atomic mass is 16.4. The molecule has 1 aliphatic rings. The van der Waals surface area contributed by atoms with Gasteiger partial charge in [-0.1, -0.05) is 6.07 Å². The lowest BCUT2D eigenvalue weighted by Gasteiger charge is -2.32. The van der Waals surface area contributed by atoms with Gasteiger partial charge in [-0.15, -0.1) is 0 Å². The second-order valence-electron chi connectivity index (χ2n) is 7.17. The van der Waals surface area contributed by atoms with Gasteiger partial charge in [-0.3, -0.25) is 14.4 Å². The molecule has 7 nitrogen and oxygen atoms in total. The summed E-state index contributed by atoms with van der Waals surface area (Å²) in [4.78, 5) is 42.0. The van der Waals surface area contributed by atoms with E-state index in [0.29, 0.717) is 32.2 Å². The van der Waals surface area contributed by atoms with E-state index in [9.17, 15) is 14.4 Å². The van der Waals surface area contributed by atoms with Gasteiger partial charge in [0.25, 0.3) is 0 Å². The number of carboxylic acids is 1. The average molecular weight is 371 g/mol. The minimum absolute atomic E-state index is 0.0119. The maximum absolute atomic E-state index is 12.4. The van der Waals surface area contributed by atoms with Gasteiger partial charge < -0.3 is 19.9 Å². The highest BCUT2D eigenvalue weighted by Crippen LogP contribution is 2.18. The van der Waals surface area contributed by atoms with Crippen molar-refractivity contribution in [1.82, 2.24) is 14.8 Å². The number of aliphatic carboxylic acids is 1. The van der Waals surface area contributed by atoms with Crippen molar-refractivity contribution in [1.29, 1.82) is 0 Å². The number of aryl methyl sites for hydroxylation is 1. The van der Waals surface area contributed by atoms with Gasteiger partial charge in [0.05, 0.1) is 12.5 Å². The first-order valence-corrected chi connectivity index (χ1v) is 9.24. The standard InChI is InChI=1S/C20H25N3O4/c1-22(13-19(25)23-10-2-3-16(12-23)20(26)27)18(24)7-5-14-4-6-17-15(11-14)8-9-21-17/h4,6,8-9,11,16,21H,2-3,5,7,10,12-13H2,1H3,(H,26,27). The molecular formula is C20H25N3O4. The third-order valence-corrected chi connectivity index (χ3v) is 5.17. The van der Waals surface area contributed by atoms with E-state index in [1.54, 1.807) is 11.9 Å². The number of aromatic amines is 1. The third kappa shape index (κ3) is 4.67. The summed E-state index contributed by atoms with van der Waals surface area (Å²) in [6.45, 7) is 0.774. The Morgan fingerprint density at radius 1 is 1.30 bits per heavy atom. The Bertz CT molecular complexity index is 845. The summed E-state index contributed by atoms with van der Waals surface area (Å²) in [5.41, 5.74) is 2.14. The Hall–Kier alpha value is -2.83. The third-order valence-electron chi connectivity index (χ3n) is 5.17. The Kier molecular flexibility index (Phi) is 5.78. The molecule has 0 bridgehead atoms. The quantitative estimate of drug-likeness (QED) is 0.811. The number of carbonyl (C=O) groups is 3. The van der Waals surface area contributed by atoms with E-state index < -0.39 is 11.9 Å². The molecule has 0 saturated carbocycles. The first-order valence-electron chi connectivity index (χ1n) is 9.24. The predicted octanol–water partition coefficient (Wildman–Crippen LogP) is 1.88. The van der Waals surface area contributed by atoms with Gasteiger partial charge in [0.2, 0.25) is 11.8 Å². The molecule has 27 heavy (non-hydrogen) atoms. The summed E-state index contributed by atoms with van der Waals surface area (Å²) in [5, 5.41) is 10.2. The lowest BCUT2D eigenvalue weighted by molar-refractivity contribution is -0.147. The summed E-state index contributed by atoms with van der Waals surface area (Å²) in [7, 11) is 1.62. The molecule has 3 rings (SSSR count). The molecule has 0 spiro atoms. The van der Waals surface area contributed by atoms with E-state index in [-0.39, 0.29) is 24.9 Å². The topological polar surface area (TPSA) is 93.7 Å². The normalized spacial score (nSPS) is 17.1. The molecule has 1 fully saturated rings. The van der Waals surface area contributed by atoms with E-state index in [1.807, 2.05) is 24.4 Å². The van der Waals surface area contributed by atoms with Crippen molar-refractivity contribution in [3.8, 4) is 0 Å². The van der Waals surface area contributed by atoms with Crippen molar-refractivity contribution < 1.29 is 19.5 Å². The monoisotopic (exact) mass is 371 g/mol. The van der Waals surface area contributed by atoms with Crippen molar-refractivity contribution in [2.75, 3.05) is 26.7 Å². The number of benzene rings is 1. The van der Waals surface area contributed by atoms with Crippen LogP contribution in [0.1, 0.15) is 24.8 Å². The van der Waals surface area contributed by atoms with Crippen molar-refractivity contribution >= 4 is 28.7 Å². The molecule has 2 amide bonds. The fraction of sp³-hybridized carbons (Fsp3) is 0.450. The van der Waals surface area contributed by atoms with Crippen LogP contribution < -0.4 is 0 Å². The number of fused-ring (bicyclic) bond motifs is 1. The molecule has 1 atom stereocenters. The summed E-state index contributed by atoms with van der Waals surface area (Å²) in [5.74, 6) is -1.65. The number of hydrogen-bond donors (Lipinski definition) is 2. The van der Waals surface area contributed by atoms with E-state index in [2.05, 4.69) is 11.1 Å². The van der Waals surface area contributed by atoms with E-state index in [4.69, 9.17) is 5.11 Å². The number of H-pyrrole nitrogens is 1. The van der Waals surface area contributed by atoms with Gasteiger partial charge in [-0.05, 0) is 48.4 Å². The first-order chi connectivity index (χ1) is 12.9. The SMILES string of the molecule is CN(CC(=O)N1CCCC(C(=O)O)C1)C(=O)CCc1ccc2[nH]ccc2c1. The number of piperidine rings is 1. The summed E-state index contributed by atoms with van der Waals surface area (Å²) in [6, 6.07) is 8.05. The van der Waals surface area contributed by atoms with E-state index in [0.717, 1.165) is 16.5 Å². The number of carbonyl (C=O) groups excluding carboxylic acids is 2. The van der Waals surface area contributed by atoms with Gasteiger partial charge >= 0.3 is 5.97 Å². The Labute approximate surface area is 157 Å². The molecule has 2 aromatic rings. The maximum atomic E-state index is 12.4. The molecule has 1 unspecified atom stereocenters. The lowest BCUT2D eigenvalue weighted by Crippen LogP contribution is -2.46. The fourth-order valence-electron chi connectivity index (χ4n) is 3.50. The van der Waals surface area contributed by atoms with Crippen LogP contribution in [0, 0.1) is 5.92 Å². The average Bonchev–Trinajstić information content (AvgIpc) is 3.13. The molecule has 1 aromatic carbocycles. The van der Waals surface area contributed by atoms with Crippen LogP contribution in [-0.4, -0.2) is 64.4 Å². The number of aromatic nitrogens is 1. The number of rotatable bonds is 6. The van der Waals surface area contributed by atoms with Crippen LogP contribution in [0.5, 0.6) is 0 Å². The van der Waals surface area contributed by atoms with Gasteiger partial charge in [-0.2, -0.15) is 0 Å². The molecule has 1 aliphatic heterocycles. The highest BCUT2D eigenvalue weighted by molar-refractivity contribution is 5.85. The van der Waals surface area contributed by atoms with Crippen LogP contribution in [0.15, 0.2) is 30.5 Å². The number of nitrogens with one attached hydrogen (secondary N) is 1. The molecule has 2 N–H and O–H groups in total. The highest BCUT2D eigenvalue weighted by Gasteiger charge is 2.28. The van der Waals surface area contributed by atoms with Crippen LogP contribution in [-0.2, 0) is 20.8 Å². The number of carboxylic acid groups (broad SMARTS) is 1. The lowest BCUT2D eigenvalue weighted by atomic mass is 9.98. The number of amides is 2. The smallest absolute Gasteiger partial charge is 0.308 e. The van der Waals surface area contributed by atoms with Crippen molar-refractivity contribution in [2.45, 2.75) is 25.7 Å². The number of hydrogen-bond acceptors (Lipinski definition) is 3. The van der Waals surface area contributed by atoms with Gasteiger partial charge in [0.15, 0.2) is 0 Å². The second kappa shape index (κ2) is 8.24. The first kappa shape index (κ1) is 18.9. The molecule has 7 heteroatoms. The largest absolute Gasteiger partial charge is 0.481 e. The molecule has 2 heterocycles. The van der Waals surface area contributed by atoms with Crippen molar-refractivity contribution in [3.63, 3.8) is 0 Å².